The molecule has 0 radical (unpaired) electrons. The Morgan fingerprint density at radius 1 is 1.19 bits per heavy atom. The zero-order valence-electron chi connectivity index (χ0n) is 15.3. The van der Waals surface area contributed by atoms with Crippen LogP contribution in [0.5, 0.6) is 0 Å². The predicted octanol–water partition coefficient (Wildman–Crippen LogP) is 3.90. The first kappa shape index (κ1) is 22.0. The molecule has 1 amide bonds. The van der Waals surface area contributed by atoms with Crippen molar-refractivity contribution in [1.29, 1.82) is 0 Å². The summed E-state index contributed by atoms with van der Waals surface area (Å²) in [6, 6.07) is 5.83. The van der Waals surface area contributed by atoms with Crippen LogP contribution in [0.4, 0.5) is 5.69 Å². The molecule has 0 spiro atoms. The molecule has 1 saturated carbocycles. The van der Waals surface area contributed by atoms with Crippen LogP contribution in [-0.4, -0.2) is 34.6 Å². The summed E-state index contributed by atoms with van der Waals surface area (Å²) >= 11 is 0. The second-order valence-electron chi connectivity index (χ2n) is 7.24. The number of H-pyrrole nitrogens is 1. The molecular weight excluding hydrogens is 387 g/mol. The lowest BCUT2D eigenvalue weighted by atomic mass is 9.89. The molecule has 2 aliphatic rings. The second-order valence-corrected chi connectivity index (χ2v) is 7.24. The molecule has 1 aromatic heterocycles. The Bertz CT molecular complexity index is 761. The molecule has 2 atom stereocenters. The van der Waals surface area contributed by atoms with Crippen LogP contribution in [0.3, 0.4) is 0 Å². The molecule has 1 aliphatic heterocycles. The normalized spacial score (nSPS) is 22.9. The van der Waals surface area contributed by atoms with E-state index >= 15 is 0 Å². The molecule has 27 heavy (non-hydrogen) atoms. The molecule has 150 valence electrons. The summed E-state index contributed by atoms with van der Waals surface area (Å²) in [7, 11) is 0. The molecule has 0 bridgehead atoms. The smallest absolute Gasteiger partial charge is 0.253 e. The number of imidazole rings is 1. The van der Waals surface area contributed by atoms with Gasteiger partial charge in [0.15, 0.2) is 0 Å². The molecule has 2 aromatic rings. The van der Waals surface area contributed by atoms with E-state index in [4.69, 9.17) is 15.5 Å². The number of hydrogen-bond donors (Lipinski definition) is 3. The Kier molecular flexibility index (Phi) is 7.91. The van der Waals surface area contributed by atoms with Gasteiger partial charge in [0.05, 0.1) is 17.1 Å². The van der Waals surface area contributed by atoms with E-state index in [1.54, 1.807) is 0 Å². The average molecular weight is 415 g/mol. The van der Waals surface area contributed by atoms with Gasteiger partial charge in [-0.3, -0.25) is 4.79 Å². The highest BCUT2D eigenvalue weighted by atomic mass is 35.5. The third-order valence-corrected chi connectivity index (χ3v) is 5.42. The Morgan fingerprint density at radius 3 is 2.67 bits per heavy atom. The van der Waals surface area contributed by atoms with E-state index in [2.05, 4.69) is 10.3 Å². The molecule has 6 nitrogen and oxygen atoms in total. The molecule has 8 heteroatoms. The first-order valence-corrected chi connectivity index (χ1v) is 9.39. The number of benzene rings is 1. The largest absolute Gasteiger partial charge is 0.364 e. The zero-order valence-corrected chi connectivity index (χ0v) is 16.9. The number of carbonyl (C=O) groups excluding carboxylic acids is 1. The molecule has 1 aliphatic carbocycles. The van der Waals surface area contributed by atoms with Crippen molar-refractivity contribution in [3.05, 3.63) is 24.0 Å². The van der Waals surface area contributed by atoms with Crippen molar-refractivity contribution >= 4 is 47.4 Å². The van der Waals surface area contributed by atoms with E-state index in [0.29, 0.717) is 12.5 Å². The van der Waals surface area contributed by atoms with Crippen molar-refractivity contribution in [1.82, 2.24) is 9.97 Å². The highest BCUT2D eigenvalue weighted by Crippen LogP contribution is 2.32. The number of nitrogens with zero attached hydrogens (tertiary/aromatic N) is 1. The van der Waals surface area contributed by atoms with Crippen molar-refractivity contribution in [2.45, 2.75) is 63.1 Å². The Balaban J connectivity index is 0.00000131. The van der Waals surface area contributed by atoms with Crippen LogP contribution >= 0.6 is 24.8 Å². The predicted molar refractivity (Wildman–Crippen MR) is 112 cm³/mol. The number of anilines is 1. The van der Waals surface area contributed by atoms with Crippen LogP contribution < -0.4 is 11.1 Å². The van der Waals surface area contributed by atoms with E-state index in [1.807, 2.05) is 18.2 Å². The quantitative estimate of drug-likeness (QED) is 0.706. The fraction of sp³-hybridized carbons (Fsp3) is 0.579. The minimum atomic E-state index is -0.399. The van der Waals surface area contributed by atoms with Crippen LogP contribution in [0.1, 0.15) is 56.7 Å². The SMILES string of the molecule is Cl.Cl.NC[C@H]1CC[C@@H](C(=O)Nc2ccc3nc(C4CCCCC4)[nH]c3c2)O1. The summed E-state index contributed by atoms with van der Waals surface area (Å²) in [5, 5.41) is 2.96. The number of nitrogens with two attached hydrogens (primary N) is 1. The first-order chi connectivity index (χ1) is 12.2. The lowest BCUT2D eigenvalue weighted by Gasteiger charge is -2.18. The second kappa shape index (κ2) is 9.73. The van der Waals surface area contributed by atoms with Crippen molar-refractivity contribution in [2.24, 2.45) is 5.73 Å². The number of fused-ring (bicyclic) bond motifs is 1. The van der Waals surface area contributed by atoms with Gasteiger partial charge < -0.3 is 20.8 Å². The fourth-order valence-electron chi connectivity index (χ4n) is 3.97. The number of halogens is 2. The van der Waals surface area contributed by atoms with Crippen LogP contribution in [0.2, 0.25) is 0 Å². The Morgan fingerprint density at radius 2 is 1.96 bits per heavy atom. The maximum Gasteiger partial charge on any atom is 0.253 e. The van der Waals surface area contributed by atoms with Gasteiger partial charge in [-0.1, -0.05) is 19.3 Å². The van der Waals surface area contributed by atoms with E-state index in [9.17, 15) is 4.79 Å². The number of amides is 1. The minimum absolute atomic E-state index is 0. The highest BCUT2D eigenvalue weighted by molar-refractivity contribution is 5.96. The molecular formula is C19H28Cl2N4O2. The van der Waals surface area contributed by atoms with Gasteiger partial charge >= 0.3 is 0 Å². The third-order valence-electron chi connectivity index (χ3n) is 5.42. The number of aromatic nitrogens is 2. The van der Waals surface area contributed by atoms with Gasteiger partial charge in [-0.05, 0) is 43.9 Å². The summed E-state index contributed by atoms with van der Waals surface area (Å²) in [6.45, 7) is 0.466. The number of aromatic amines is 1. The number of rotatable bonds is 4. The minimum Gasteiger partial charge on any atom is -0.364 e. The van der Waals surface area contributed by atoms with Gasteiger partial charge in [-0.15, -0.1) is 24.8 Å². The first-order valence-electron chi connectivity index (χ1n) is 9.39. The molecule has 4 N–H and O–H groups in total. The third kappa shape index (κ3) is 4.93. The van der Waals surface area contributed by atoms with E-state index < -0.39 is 6.10 Å². The van der Waals surface area contributed by atoms with Gasteiger partial charge in [0.25, 0.3) is 5.91 Å². The highest BCUT2D eigenvalue weighted by Gasteiger charge is 2.30. The fourth-order valence-corrected chi connectivity index (χ4v) is 3.97. The summed E-state index contributed by atoms with van der Waals surface area (Å²) < 4.78 is 5.66. The number of carbonyl (C=O) groups is 1. The maximum absolute atomic E-state index is 12.4. The van der Waals surface area contributed by atoms with Crippen molar-refractivity contribution in [2.75, 3.05) is 11.9 Å². The summed E-state index contributed by atoms with van der Waals surface area (Å²) in [6.07, 6.45) is 7.51. The van der Waals surface area contributed by atoms with E-state index in [1.165, 1.54) is 32.1 Å². The van der Waals surface area contributed by atoms with Gasteiger partial charge in [-0.2, -0.15) is 0 Å². The molecule has 1 saturated heterocycles. The summed E-state index contributed by atoms with van der Waals surface area (Å²) in [4.78, 5) is 20.6. The summed E-state index contributed by atoms with van der Waals surface area (Å²) in [5.41, 5.74) is 8.32. The van der Waals surface area contributed by atoms with Crippen molar-refractivity contribution < 1.29 is 9.53 Å². The average Bonchev–Trinajstić information content (AvgIpc) is 3.29. The van der Waals surface area contributed by atoms with Crippen LogP contribution in [0, 0.1) is 0 Å². The van der Waals surface area contributed by atoms with Crippen LogP contribution in [0.15, 0.2) is 18.2 Å². The topological polar surface area (TPSA) is 93.0 Å². The van der Waals surface area contributed by atoms with E-state index in [-0.39, 0.29) is 36.8 Å². The van der Waals surface area contributed by atoms with Gasteiger partial charge in [-0.25, -0.2) is 4.98 Å². The lowest BCUT2D eigenvalue weighted by Crippen LogP contribution is -2.29. The van der Waals surface area contributed by atoms with Gasteiger partial charge in [0.2, 0.25) is 0 Å². The molecule has 2 fully saturated rings. The Labute approximate surface area is 171 Å². The Hall–Kier alpha value is -1.34. The molecule has 4 rings (SSSR count). The van der Waals surface area contributed by atoms with Crippen LogP contribution in [0.25, 0.3) is 11.0 Å². The number of hydrogen-bond acceptors (Lipinski definition) is 4. The van der Waals surface area contributed by atoms with Crippen molar-refractivity contribution in [3.63, 3.8) is 0 Å². The standard InChI is InChI=1S/C19H26N4O2.2ClH/c20-11-14-7-9-17(25-14)19(24)21-13-6-8-15-16(10-13)23-18(22-15)12-4-2-1-3-5-12;;/h6,8,10,12,14,17H,1-5,7,9,11,20H2,(H,21,24)(H,22,23);2*1H/t14-,17+;;/m1../s1. The van der Waals surface area contributed by atoms with Gasteiger partial charge in [0.1, 0.15) is 11.9 Å². The number of nitrogens with one attached hydrogen (secondary N) is 2. The lowest BCUT2D eigenvalue weighted by molar-refractivity contribution is -0.126. The molecule has 1 aromatic carbocycles. The molecule has 2 heterocycles. The summed E-state index contributed by atoms with van der Waals surface area (Å²) in [5.74, 6) is 1.53. The monoisotopic (exact) mass is 414 g/mol. The zero-order chi connectivity index (χ0) is 17.2. The number of ether oxygens (including phenoxy) is 1. The van der Waals surface area contributed by atoms with Crippen LogP contribution in [-0.2, 0) is 9.53 Å². The van der Waals surface area contributed by atoms with E-state index in [0.717, 1.165) is 35.4 Å². The van der Waals surface area contributed by atoms with Gasteiger partial charge in [0, 0.05) is 18.2 Å². The molecule has 0 unspecified atom stereocenters. The van der Waals surface area contributed by atoms with Crippen molar-refractivity contribution in [3.8, 4) is 0 Å². The maximum atomic E-state index is 12.4.